The molecule has 0 fully saturated rings. The van der Waals surface area contributed by atoms with E-state index in [1.165, 1.54) is 0 Å². The highest BCUT2D eigenvalue weighted by molar-refractivity contribution is 6.60. The van der Waals surface area contributed by atoms with Crippen molar-refractivity contribution in [1.29, 1.82) is 0 Å². The number of benzene rings is 1. The minimum Gasteiger partial charge on any atom is -0.374 e. The third kappa shape index (κ3) is 5.53. The first-order chi connectivity index (χ1) is 10.6. The molecule has 0 radical (unpaired) electrons. The Balaban J connectivity index is 2.61. The van der Waals surface area contributed by atoms with Gasteiger partial charge in [-0.15, -0.1) is 0 Å². The lowest BCUT2D eigenvalue weighted by Crippen LogP contribution is -2.48. The zero-order valence-corrected chi connectivity index (χ0v) is 15.0. The molecule has 0 heterocycles. The fourth-order valence-electron chi connectivity index (χ4n) is 2.25. The third-order valence-corrected chi connectivity index (χ3v) is 6.25. The number of hydrogen-bond acceptors (Lipinski definition) is 4. The van der Waals surface area contributed by atoms with Crippen LogP contribution in [-0.2, 0) is 13.3 Å². The summed E-state index contributed by atoms with van der Waals surface area (Å²) in [6, 6.07) is 8.10. The van der Waals surface area contributed by atoms with Gasteiger partial charge in [0, 0.05) is 38.0 Å². The van der Waals surface area contributed by atoms with Crippen LogP contribution in [0.1, 0.15) is 36.7 Å². The van der Waals surface area contributed by atoms with E-state index in [-0.39, 0.29) is 5.91 Å². The number of nitrogens with one attached hydrogen (secondary N) is 1. The van der Waals surface area contributed by atoms with E-state index in [1.807, 2.05) is 52.0 Å². The fourth-order valence-corrected chi connectivity index (χ4v) is 4.69. The van der Waals surface area contributed by atoms with Gasteiger partial charge in [0.05, 0.1) is 0 Å². The summed E-state index contributed by atoms with van der Waals surface area (Å²) in [5.74, 6) is -0.0782. The summed E-state index contributed by atoms with van der Waals surface area (Å²) in [6.07, 6.45) is 0. The molecule has 5 nitrogen and oxygen atoms in total. The number of aryl methyl sites for hydroxylation is 1. The summed E-state index contributed by atoms with van der Waals surface area (Å²) in [5, 5.41) is 2.93. The van der Waals surface area contributed by atoms with Crippen molar-refractivity contribution in [3.63, 3.8) is 0 Å². The molecule has 0 saturated heterocycles. The Labute approximate surface area is 134 Å². The first-order valence-corrected chi connectivity index (χ1v) is 9.77. The average molecular weight is 325 g/mol. The minimum atomic E-state index is -2.69. The molecule has 0 aliphatic carbocycles. The largest absolute Gasteiger partial charge is 0.502 e. The van der Waals surface area contributed by atoms with Gasteiger partial charge in [0.2, 0.25) is 0 Å². The van der Waals surface area contributed by atoms with Crippen LogP contribution in [0.4, 0.5) is 0 Å². The van der Waals surface area contributed by atoms with Crippen LogP contribution in [0, 0.1) is 6.92 Å². The van der Waals surface area contributed by atoms with Crippen molar-refractivity contribution in [2.75, 3.05) is 26.4 Å². The minimum absolute atomic E-state index is 0.0782. The SMILES string of the molecule is CCO[Si](CCNC(=O)c1ccccc1C)(OCC)OCC. The van der Waals surface area contributed by atoms with Crippen molar-refractivity contribution in [3.05, 3.63) is 35.4 Å². The normalized spacial score (nSPS) is 11.5. The second kappa shape index (κ2) is 9.73. The monoisotopic (exact) mass is 325 g/mol. The van der Waals surface area contributed by atoms with Gasteiger partial charge in [0.15, 0.2) is 0 Å². The Kier molecular flexibility index (Phi) is 8.33. The molecule has 0 bridgehead atoms. The molecule has 0 saturated carbocycles. The Morgan fingerprint density at radius 2 is 1.59 bits per heavy atom. The van der Waals surface area contributed by atoms with Crippen LogP contribution < -0.4 is 5.32 Å². The van der Waals surface area contributed by atoms with Gasteiger partial charge in [-0.3, -0.25) is 4.79 Å². The highest BCUT2D eigenvalue weighted by Crippen LogP contribution is 2.15. The summed E-state index contributed by atoms with van der Waals surface area (Å²) in [5.41, 5.74) is 1.65. The van der Waals surface area contributed by atoms with Crippen LogP contribution in [0.25, 0.3) is 0 Å². The molecule has 1 rings (SSSR count). The van der Waals surface area contributed by atoms with Crippen molar-refractivity contribution in [2.45, 2.75) is 33.7 Å². The van der Waals surface area contributed by atoms with Crippen LogP contribution in [0.15, 0.2) is 24.3 Å². The third-order valence-electron chi connectivity index (χ3n) is 3.20. The Morgan fingerprint density at radius 1 is 1.05 bits per heavy atom. The Bertz CT molecular complexity index is 450. The van der Waals surface area contributed by atoms with Crippen molar-refractivity contribution >= 4 is 14.7 Å². The van der Waals surface area contributed by atoms with E-state index in [0.29, 0.717) is 38.0 Å². The molecule has 1 aromatic carbocycles. The molecule has 0 atom stereocenters. The molecule has 6 heteroatoms. The molecule has 0 aliphatic heterocycles. The predicted octanol–water partition coefficient (Wildman–Crippen LogP) is 2.77. The van der Waals surface area contributed by atoms with E-state index in [0.717, 1.165) is 5.56 Å². The van der Waals surface area contributed by atoms with Gasteiger partial charge >= 0.3 is 8.80 Å². The maximum atomic E-state index is 12.2. The van der Waals surface area contributed by atoms with Crippen molar-refractivity contribution in [1.82, 2.24) is 5.32 Å². The summed E-state index contributed by atoms with van der Waals surface area (Å²) in [6.45, 7) is 9.78. The molecule has 1 aromatic rings. The molecule has 1 N–H and O–H groups in total. The topological polar surface area (TPSA) is 56.8 Å². The van der Waals surface area contributed by atoms with Gasteiger partial charge in [-0.05, 0) is 39.3 Å². The average Bonchev–Trinajstić information content (AvgIpc) is 2.48. The molecule has 0 aromatic heterocycles. The number of rotatable bonds is 10. The first kappa shape index (κ1) is 18.8. The van der Waals surface area contributed by atoms with Crippen LogP contribution >= 0.6 is 0 Å². The molecule has 1 amide bonds. The zero-order chi connectivity index (χ0) is 16.4. The fraction of sp³-hybridized carbons (Fsp3) is 0.562. The van der Waals surface area contributed by atoms with Crippen LogP contribution in [-0.4, -0.2) is 41.1 Å². The van der Waals surface area contributed by atoms with E-state index in [1.54, 1.807) is 0 Å². The molecule has 0 unspecified atom stereocenters. The van der Waals surface area contributed by atoms with Crippen molar-refractivity contribution in [2.24, 2.45) is 0 Å². The van der Waals surface area contributed by atoms with Crippen LogP contribution in [0.3, 0.4) is 0 Å². The Hall–Kier alpha value is -1.21. The maximum Gasteiger partial charge on any atom is 0.502 e. The standard InChI is InChI=1S/C16H27NO4Si/c1-5-19-22(20-6-2,21-7-3)13-12-17-16(18)15-11-9-8-10-14(15)4/h8-11H,5-7,12-13H2,1-4H3,(H,17,18). The van der Waals surface area contributed by atoms with Crippen molar-refractivity contribution < 1.29 is 18.1 Å². The summed E-state index contributed by atoms with van der Waals surface area (Å²) in [7, 11) is -2.69. The Morgan fingerprint density at radius 3 is 2.09 bits per heavy atom. The predicted molar refractivity (Wildman–Crippen MR) is 89.0 cm³/mol. The summed E-state index contributed by atoms with van der Waals surface area (Å²) in [4.78, 5) is 12.2. The maximum absolute atomic E-state index is 12.2. The molecule has 0 spiro atoms. The second-order valence-corrected chi connectivity index (χ2v) is 7.53. The van der Waals surface area contributed by atoms with E-state index < -0.39 is 8.80 Å². The molecular formula is C16H27NO4Si. The summed E-state index contributed by atoms with van der Waals surface area (Å²) >= 11 is 0. The van der Waals surface area contributed by atoms with Gasteiger partial charge in [-0.25, -0.2) is 0 Å². The quantitative estimate of drug-likeness (QED) is 0.672. The lowest BCUT2D eigenvalue weighted by atomic mass is 10.1. The molecule has 124 valence electrons. The number of carbonyl (C=O) groups excluding carboxylic acids is 1. The highest BCUT2D eigenvalue weighted by atomic mass is 28.4. The van der Waals surface area contributed by atoms with Gasteiger partial charge in [0.25, 0.3) is 5.91 Å². The van der Waals surface area contributed by atoms with Crippen LogP contribution in [0.5, 0.6) is 0 Å². The smallest absolute Gasteiger partial charge is 0.374 e. The zero-order valence-electron chi connectivity index (χ0n) is 14.0. The van der Waals surface area contributed by atoms with Crippen LogP contribution in [0.2, 0.25) is 6.04 Å². The number of hydrogen-bond donors (Lipinski definition) is 1. The highest BCUT2D eigenvalue weighted by Gasteiger charge is 2.39. The van der Waals surface area contributed by atoms with E-state index in [9.17, 15) is 4.79 Å². The second-order valence-electron chi connectivity index (χ2n) is 4.80. The molecule has 0 aliphatic rings. The lowest BCUT2D eigenvalue weighted by molar-refractivity contribution is 0.0710. The van der Waals surface area contributed by atoms with Gasteiger partial charge in [-0.1, -0.05) is 18.2 Å². The van der Waals surface area contributed by atoms with Gasteiger partial charge in [-0.2, -0.15) is 0 Å². The lowest BCUT2D eigenvalue weighted by Gasteiger charge is -2.28. The number of carbonyl (C=O) groups is 1. The van der Waals surface area contributed by atoms with Crippen molar-refractivity contribution in [3.8, 4) is 0 Å². The number of amides is 1. The first-order valence-electron chi connectivity index (χ1n) is 7.84. The van der Waals surface area contributed by atoms with E-state index in [4.69, 9.17) is 13.3 Å². The molecule has 22 heavy (non-hydrogen) atoms. The van der Waals surface area contributed by atoms with Gasteiger partial charge in [0.1, 0.15) is 0 Å². The van der Waals surface area contributed by atoms with E-state index in [2.05, 4.69) is 5.32 Å². The molecular weight excluding hydrogens is 298 g/mol. The van der Waals surface area contributed by atoms with E-state index >= 15 is 0 Å². The summed E-state index contributed by atoms with van der Waals surface area (Å²) < 4.78 is 17.3. The van der Waals surface area contributed by atoms with Gasteiger partial charge < -0.3 is 18.6 Å².